The van der Waals surface area contributed by atoms with E-state index in [2.05, 4.69) is 20.4 Å². The molecule has 3 aromatic heterocycles. The molecule has 4 rings (SSSR count). The third kappa shape index (κ3) is 6.48. The molecule has 0 spiro atoms. The number of anilines is 1. The molecule has 0 fully saturated rings. The lowest BCUT2D eigenvalue weighted by Crippen LogP contribution is -2.23. The quantitative estimate of drug-likeness (QED) is 0.306. The Hall–Kier alpha value is -4.55. The molecule has 0 aliphatic carbocycles. The first-order valence-corrected chi connectivity index (χ1v) is 11.6. The number of hydrogen-bond acceptors (Lipinski definition) is 8. The van der Waals surface area contributed by atoms with Crippen LogP contribution in [0.5, 0.6) is 28.7 Å². The number of carbonyl (C=O) groups excluding carboxylic acids is 1. The first-order chi connectivity index (χ1) is 18.4. The van der Waals surface area contributed by atoms with Crippen molar-refractivity contribution in [2.45, 2.75) is 32.5 Å². The minimum absolute atomic E-state index is 0.130. The van der Waals surface area contributed by atoms with Crippen LogP contribution < -0.4 is 24.3 Å². The van der Waals surface area contributed by atoms with Gasteiger partial charge in [0.2, 0.25) is 0 Å². The summed E-state index contributed by atoms with van der Waals surface area (Å²) in [5, 5.41) is 7.34. The summed E-state index contributed by atoms with van der Waals surface area (Å²) in [4.78, 5) is 21.4. The Morgan fingerprint density at radius 3 is 2.31 bits per heavy atom. The number of methoxy groups -OCH3 is 2. The number of hydrogen-bond donors (Lipinski definition) is 1. The maximum absolute atomic E-state index is 12.9. The lowest BCUT2D eigenvalue weighted by Gasteiger charge is -2.18. The Kier molecular flexibility index (Phi) is 7.52. The fourth-order valence-electron chi connectivity index (χ4n) is 3.48. The Morgan fingerprint density at radius 2 is 1.69 bits per heavy atom. The van der Waals surface area contributed by atoms with E-state index < -0.39 is 24.2 Å². The Balaban J connectivity index is 1.53. The number of fused-ring (bicyclic) bond motifs is 1. The van der Waals surface area contributed by atoms with Crippen molar-refractivity contribution in [3.8, 4) is 28.7 Å². The van der Waals surface area contributed by atoms with Crippen LogP contribution in [0.2, 0.25) is 0 Å². The van der Waals surface area contributed by atoms with Crippen LogP contribution in [0.25, 0.3) is 10.9 Å². The monoisotopic (exact) mass is 545 g/mol. The van der Waals surface area contributed by atoms with E-state index in [0.29, 0.717) is 33.9 Å². The van der Waals surface area contributed by atoms with Crippen LogP contribution in [-0.4, -0.2) is 52.7 Å². The first kappa shape index (κ1) is 27.5. The summed E-state index contributed by atoms with van der Waals surface area (Å²) < 4.78 is 61.1. The highest BCUT2D eigenvalue weighted by Crippen LogP contribution is 2.37. The molecule has 1 aromatic carbocycles. The molecule has 0 saturated carbocycles. The molecule has 3 heterocycles. The number of ether oxygens (including phenoxy) is 4. The lowest BCUT2D eigenvalue weighted by atomic mass is 10.1. The summed E-state index contributed by atoms with van der Waals surface area (Å²) in [6.45, 7) is 3.80. The molecule has 0 saturated heterocycles. The zero-order chi connectivity index (χ0) is 28.4. The number of pyridine rings is 2. The number of rotatable bonds is 8. The van der Waals surface area contributed by atoms with Crippen LogP contribution in [0, 0.1) is 0 Å². The summed E-state index contributed by atoms with van der Waals surface area (Å²) in [6.07, 6.45) is -0.348. The number of alkyl halides is 3. The molecule has 0 bridgehead atoms. The molecule has 0 aliphatic rings. The van der Waals surface area contributed by atoms with Crippen molar-refractivity contribution < 1.29 is 36.9 Å². The highest BCUT2D eigenvalue weighted by Gasteiger charge is 2.31. The Labute approximate surface area is 221 Å². The van der Waals surface area contributed by atoms with Crippen molar-refractivity contribution in [1.82, 2.24) is 19.7 Å². The van der Waals surface area contributed by atoms with Crippen molar-refractivity contribution >= 4 is 22.6 Å². The molecule has 4 aromatic rings. The second kappa shape index (κ2) is 10.7. The summed E-state index contributed by atoms with van der Waals surface area (Å²) in [6, 6.07) is 8.21. The number of nitrogens with zero attached hydrogens (tertiary/aromatic N) is 4. The highest BCUT2D eigenvalue weighted by molar-refractivity contribution is 6.04. The third-order valence-electron chi connectivity index (χ3n) is 5.39. The highest BCUT2D eigenvalue weighted by atomic mass is 19.4. The first-order valence-electron chi connectivity index (χ1n) is 11.6. The summed E-state index contributed by atoms with van der Waals surface area (Å²) in [7, 11) is 3.05. The second-order valence-corrected chi connectivity index (χ2v) is 9.33. The van der Waals surface area contributed by atoms with E-state index in [0.717, 1.165) is 0 Å². The molecule has 1 amide bonds. The fraction of sp³-hybridized carbons (Fsp3) is 0.308. The van der Waals surface area contributed by atoms with Crippen molar-refractivity contribution in [2.75, 3.05) is 26.1 Å². The zero-order valence-corrected chi connectivity index (χ0v) is 21.8. The van der Waals surface area contributed by atoms with Gasteiger partial charge < -0.3 is 24.3 Å². The average Bonchev–Trinajstić information content (AvgIpc) is 3.33. The number of nitrogens with one attached hydrogen (secondary N) is 1. The number of aromatic nitrogens is 4. The van der Waals surface area contributed by atoms with Gasteiger partial charge in [-0.3, -0.25) is 14.5 Å². The van der Waals surface area contributed by atoms with E-state index in [1.807, 2.05) is 0 Å². The van der Waals surface area contributed by atoms with Crippen LogP contribution in [0.3, 0.4) is 0 Å². The van der Waals surface area contributed by atoms with Gasteiger partial charge in [-0.1, -0.05) is 0 Å². The minimum Gasteiger partial charge on any atom is -0.493 e. The van der Waals surface area contributed by atoms with Crippen molar-refractivity contribution in [2.24, 2.45) is 0 Å². The molecule has 13 heteroatoms. The number of halogens is 3. The number of amides is 1. The van der Waals surface area contributed by atoms with Crippen LogP contribution in [0.1, 0.15) is 31.3 Å². The van der Waals surface area contributed by atoms with Crippen molar-refractivity contribution in [1.29, 1.82) is 0 Å². The third-order valence-corrected chi connectivity index (χ3v) is 5.39. The predicted octanol–water partition coefficient (Wildman–Crippen LogP) is 5.58. The van der Waals surface area contributed by atoms with Crippen molar-refractivity contribution in [3.05, 3.63) is 54.6 Å². The van der Waals surface area contributed by atoms with Crippen LogP contribution in [-0.2, 0) is 5.54 Å². The molecule has 0 atom stereocenters. The van der Waals surface area contributed by atoms with Gasteiger partial charge >= 0.3 is 6.18 Å². The van der Waals surface area contributed by atoms with Crippen LogP contribution in [0.15, 0.2) is 48.9 Å². The standard InChI is InChI=1S/C26H26F3N5O5/c1-25(2,3)34-13-21(38-14-26(27,28)29)23(33-34)24(35)32-22-7-6-15(12-31-22)39-18-8-9-30-17-11-20(37-5)19(36-4)10-16(17)18/h6-13H,14H2,1-5H3,(H,31,32,35). The van der Waals surface area contributed by atoms with Gasteiger partial charge in [-0.25, -0.2) is 4.98 Å². The average molecular weight is 546 g/mol. The SMILES string of the molecule is COc1cc2nccc(Oc3ccc(NC(=O)c4nn(C(C)(C)C)cc4OCC(F)(F)F)nc3)c2cc1OC. The zero-order valence-electron chi connectivity index (χ0n) is 21.8. The van der Waals surface area contributed by atoms with Crippen LogP contribution >= 0.6 is 0 Å². The smallest absolute Gasteiger partial charge is 0.422 e. The maximum Gasteiger partial charge on any atom is 0.422 e. The molecule has 0 unspecified atom stereocenters. The van der Waals surface area contributed by atoms with Gasteiger partial charge in [-0.05, 0) is 45.0 Å². The second-order valence-electron chi connectivity index (χ2n) is 9.33. The van der Waals surface area contributed by atoms with Gasteiger partial charge in [0.25, 0.3) is 5.91 Å². The molecular weight excluding hydrogens is 519 g/mol. The van der Waals surface area contributed by atoms with E-state index in [1.54, 1.807) is 51.2 Å². The molecule has 39 heavy (non-hydrogen) atoms. The predicted molar refractivity (Wildman–Crippen MR) is 136 cm³/mol. The van der Waals surface area contributed by atoms with Crippen molar-refractivity contribution in [3.63, 3.8) is 0 Å². The van der Waals surface area contributed by atoms with E-state index in [-0.39, 0.29) is 17.3 Å². The van der Waals surface area contributed by atoms with Gasteiger partial charge in [0.1, 0.15) is 17.3 Å². The lowest BCUT2D eigenvalue weighted by molar-refractivity contribution is -0.153. The van der Waals surface area contributed by atoms with E-state index in [1.165, 1.54) is 37.4 Å². The summed E-state index contributed by atoms with van der Waals surface area (Å²) in [5.74, 6) is 0.932. The van der Waals surface area contributed by atoms with Gasteiger partial charge in [0.15, 0.2) is 29.5 Å². The molecule has 10 nitrogen and oxygen atoms in total. The molecule has 1 N–H and O–H groups in total. The van der Waals surface area contributed by atoms with Gasteiger partial charge in [-0.15, -0.1) is 0 Å². The molecule has 206 valence electrons. The Morgan fingerprint density at radius 1 is 0.974 bits per heavy atom. The fourth-order valence-corrected chi connectivity index (χ4v) is 3.48. The molecule has 0 radical (unpaired) electrons. The summed E-state index contributed by atoms with van der Waals surface area (Å²) >= 11 is 0. The largest absolute Gasteiger partial charge is 0.493 e. The normalized spacial score (nSPS) is 11.8. The topological polar surface area (TPSA) is 110 Å². The summed E-state index contributed by atoms with van der Waals surface area (Å²) in [5.41, 5.74) is -0.276. The van der Waals surface area contributed by atoms with E-state index in [4.69, 9.17) is 18.9 Å². The minimum atomic E-state index is -4.58. The molecule has 0 aliphatic heterocycles. The van der Waals surface area contributed by atoms with E-state index >= 15 is 0 Å². The number of carbonyl (C=O) groups is 1. The molecular formula is C26H26F3N5O5. The van der Waals surface area contributed by atoms with Gasteiger partial charge in [0.05, 0.1) is 37.7 Å². The van der Waals surface area contributed by atoms with Gasteiger partial charge in [0, 0.05) is 17.6 Å². The Bertz CT molecular complexity index is 1480. The van der Waals surface area contributed by atoms with Gasteiger partial charge in [-0.2, -0.15) is 18.3 Å². The van der Waals surface area contributed by atoms with Crippen LogP contribution in [0.4, 0.5) is 19.0 Å². The maximum atomic E-state index is 12.9. The van der Waals surface area contributed by atoms with E-state index in [9.17, 15) is 18.0 Å². The number of benzene rings is 1.